The largest absolute Gasteiger partial charge is 0.445 e. The van der Waals surface area contributed by atoms with Gasteiger partial charge in [-0.25, -0.2) is 33.6 Å². The van der Waals surface area contributed by atoms with Crippen molar-refractivity contribution in [3.05, 3.63) is 35.9 Å². The summed E-state index contributed by atoms with van der Waals surface area (Å²) in [7, 11) is 0. The van der Waals surface area contributed by atoms with E-state index in [0.717, 1.165) is 14.7 Å². The lowest BCUT2D eigenvalue weighted by atomic mass is 10.0. The van der Waals surface area contributed by atoms with Gasteiger partial charge < -0.3 is 68.6 Å². The molecule has 0 aromatic heterocycles. The van der Waals surface area contributed by atoms with E-state index < -0.39 is 99.5 Å². The van der Waals surface area contributed by atoms with Crippen LogP contribution >= 0.6 is 0 Å². The molecule has 1 aromatic carbocycles. The minimum Gasteiger partial charge on any atom is -0.445 e. The summed E-state index contributed by atoms with van der Waals surface area (Å²) in [6.07, 6.45) is -6.95. The molecule has 0 bridgehead atoms. The molecule has 10 amide bonds. The number of carbonyl (C=O) groups is 10. The minimum atomic E-state index is -1.56. The Bertz CT molecular complexity index is 2130. The zero-order valence-corrected chi connectivity index (χ0v) is 56.3. The number of benzene rings is 1. The number of alkyl carbamates (subject to hydrolysis) is 1. The Morgan fingerprint density at radius 2 is 0.622 bits per heavy atom. The van der Waals surface area contributed by atoms with Crippen molar-refractivity contribution in [2.24, 2.45) is 0 Å². The van der Waals surface area contributed by atoms with Crippen LogP contribution in [0.4, 0.5) is 33.6 Å². The maximum atomic E-state index is 13.6. The quantitative estimate of drug-likeness (QED) is 0.0228. The molecule has 0 saturated carbocycles. The summed E-state index contributed by atoms with van der Waals surface area (Å²) in [5, 5.41) is 19.7. The lowest BCUT2D eigenvalue weighted by molar-refractivity contribution is -0.122. The molecule has 0 aliphatic rings. The van der Waals surface area contributed by atoms with Crippen LogP contribution in [0.15, 0.2) is 30.3 Å². The number of nitrogens with one attached hydrogen (secondary N) is 7. The molecule has 90 heavy (non-hydrogen) atoms. The third-order valence-corrected chi connectivity index (χ3v) is 10.5. The number of amides is 10. The summed E-state index contributed by atoms with van der Waals surface area (Å²) in [5.74, 6) is -1.30. The van der Waals surface area contributed by atoms with E-state index in [1.807, 2.05) is 0 Å². The van der Waals surface area contributed by atoms with Crippen molar-refractivity contribution >= 4 is 60.4 Å². The average Bonchev–Trinajstić information content (AvgIpc) is 3.61. The highest BCUT2D eigenvalue weighted by atomic mass is 16.6. The van der Waals surface area contributed by atoms with Crippen LogP contribution in [0.25, 0.3) is 0 Å². The zero-order chi connectivity index (χ0) is 68.6. The molecule has 0 saturated heterocycles. The molecule has 1 aromatic rings. The molecular weight excluding hydrogens is 1180 g/mol. The summed E-state index contributed by atoms with van der Waals surface area (Å²) in [6, 6.07) is 8.86. The Labute approximate surface area is 530 Å². The van der Waals surface area contributed by atoms with Crippen molar-refractivity contribution in [1.29, 1.82) is 0 Å². The van der Waals surface area contributed by atoms with Crippen LogP contribution in [0.1, 0.15) is 149 Å². The molecule has 30 heteroatoms. The molecule has 0 atom stereocenters. The Kier molecular flexibility index (Phi) is 34.6. The first-order valence-electron chi connectivity index (χ1n) is 29.8. The van der Waals surface area contributed by atoms with Gasteiger partial charge in [0.05, 0.1) is 59.6 Å². The monoisotopic (exact) mass is 1280 g/mol. The summed E-state index contributed by atoms with van der Waals surface area (Å²) >= 11 is 0. The number of imide groups is 3. The Morgan fingerprint density at radius 1 is 0.367 bits per heavy atom. The highest BCUT2D eigenvalue weighted by Gasteiger charge is 2.37. The first-order chi connectivity index (χ1) is 41.5. The number of hydrogen-bond acceptors (Lipinski definition) is 23. The van der Waals surface area contributed by atoms with Crippen LogP contribution in [-0.2, 0) is 68.4 Å². The van der Waals surface area contributed by atoms with Crippen molar-refractivity contribution in [2.75, 3.05) is 98.9 Å². The highest BCUT2D eigenvalue weighted by molar-refractivity contribution is 5.89. The lowest BCUT2D eigenvalue weighted by Gasteiger charge is -2.33. The highest BCUT2D eigenvalue weighted by Crippen LogP contribution is 2.18. The number of nitrogens with zero attached hydrogens (tertiary/aromatic N) is 3. The van der Waals surface area contributed by atoms with E-state index in [1.165, 1.54) is 0 Å². The van der Waals surface area contributed by atoms with Gasteiger partial charge in [0.15, 0.2) is 0 Å². The van der Waals surface area contributed by atoms with Gasteiger partial charge in [-0.1, -0.05) is 30.3 Å². The number of rotatable bonds is 33. The summed E-state index contributed by atoms with van der Waals surface area (Å²) in [4.78, 5) is 132. The van der Waals surface area contributed by atoms with Crippen molar-refractivity contribution in [2.45, 2.75) is 190 Å². The van der Waals surface area contributed by atoms with Crippen LogP contribution in [0.2, 0.25) is 0 Å². The van der Waals surface area contributed by atoms with E-state index in [1.54, 1.807) is 155 Å². The Balaban J connectivity index is 3.21. The van der Waals surface area contributed by atoms with Crippen molar-refractivity contribution in [3.63, 3.8) is 0 Å². The average molecular weight is 1290 g/mol. The summed E-state index contributed by atoms with van der Waals surface area (Å²) in [6.45, 7) is 27.8. The third kappa shape index (κ3) is 40.5. The van der Waals surface area contributed by atoms with Crippen molar-refractivity contribution in [3.8, 4) is 0 Å². The van der Waals surface area contributed by atoms with Crippen LogP contribution in [-0.4, -0.2) is 213 Å². The predicted molar refractivity (Wildman–Crippen MR) is 329 cm³/mol. The summed E-state index contributed by atoms with van der Waals surface area (Å²) < 4.78 is 55.9. The van der Waals surface area contributed by atoms with Gasteiger partial charge in [-0.15, -0.1) is 0 Å². The van der Waals surface area contributed by atoms with E-state index in [9.17, 15) is 47.9 Å². The van der Waals surface area contributed by atoms with Gasteiger partial charge in [-0.3, -0.25) is 30.3 Å². The van der Waals surface area contributed by atoms with E-state index in [-0.39, 0.29) is 125 Å². The van der Waals surface area contributed by atoms with Crippen molar-refractivity contribution in [1.82, 2.24) is 51.9 Å². The number of hydrogen-bond donors (Lipinski definition) is 7. The molecule has 7 N–H and O–H groups in total. The smallest absolute Gasteiger partial charge is 0.420 e. The summed E-state index contributed by atoms with van der Waals surface area (Å²) in [5.41, 5.74) is -6.27. The van der Waals surface area contributed by atoms with Crippen LogP contribution in [0.5, 0.6) is 0 Å². The molecule has 30 nitrogen and oxygen atoms in total. The Morgan fingerprint density at radius 3 is 0.867 bits per heavy atom. The van der Waals surface area contributed by atoms with Crippen LogP contribution < -0.4 is 37.2 Å². The maximum Gasteiger partial charge on any atom is 0.420 e. The van der Waals surface area contributed by atoms with Gasteiger partial charge in [-0.2, -0.15) is 14.7 Å². The Hall–Kier alpha value is -7.12. The fourth-order valence-electron chi connectivity index (χ4n) is 6.73. The van der Waals surface area contributed by atoms with Crippen molar-refractivity contribution < 1.29 is 95.3 Å². The second kappa shape index (κ2) is 38.5. The molecule has 0 fully saturated rings. The molecule has 0 heterocycles. The molecule has 514 valence electrons. The number of carbonyl (C=O) groups excluding carboxylic acids is 10. The maximum absolute atomic E-state index is 13.6. The molecule has 0 aliphatic heterocycles. The molecular formula is C60H104N10O20. The standard InChI is InChI=1S/C60H104N10O20/c1-54(2,3)85-48(75)68(49(76)86-55(4,5)6)40-61-27-30-64-44(71)24-33-81-37-60(67-47(74)84-36-43-22-20-19-21-23-43,38-82-34-25-45(72)65-31-28-62-41-69(50(77)87-56(7,8)9)51(78)88-57(10,11)12)39-83-35-26-46(73)66-32-29-63-42-70(52(79)89-58(13,14)15)53(80)90-59(16,17)18/h19-23,61-63H,24-42H2,1-18H3,(H,64,71)(H,65,72)(H,66,73)(H,67,74). The molecule has 0 radical (unpaired) electrons. The molecule has 0 aliphatic carbocycles. The fourth-order valence-corrected chi connectivity index (χ4v) is 6.73. The van der Waals surface area contributed by atoms with E-state index in [0.29, 0.717) is 5.56 Å². The molecule has 0 spiro atoms. The molecule has 0 unspecified atom stereocenters. The van der Waals surface area contributed by atoms with Gasteiger partial charge in [0, 0.05) is 58.5 Å². The second-order valence-corrected chi connectivity index (χ2v) is 26.6. The van der Waals surface area contributed by atoms with Gasteiger partial charge in [0.25, 0.3) is 0 Å². The first kappa shape index (κ1) is 80.9. The van der Waals surface area contributed by atoms with E-state index in [4.69, 9.17) is 47.4 Å². The minimum absolute atomic E-state index is 0.0749. The predicted octanol–water partition coefficient (Wildman–Crippen LogP) is 6.38. The van der Waals surface area contributed by atoms with Gasteiger partial charge in [0.2, 0.25) is 17.7 Å². The fraction of sp³-hybridized carbons (Fsp3) is 0.733. The van der Waals surface area contributed by atoms with Crippen LogP contribution in [0, 0.1) is 0 Å². The van der Waals surface area contributed by atoms with Gasteiger partial charge in [0.1, 0.15) is 45.8 Å². The normalized spacial score (nSPS) is 12.1. The topological polar surface area (TPSA) is 357 Å². The lowest BCUT2D eigenvalue weighted by Crippen LogP contribution is -2.59. The zero-order valence-electron chi connectivity index (χ0n) is 56.3. The second-order valence-electron chi connectivity index (χ2n) is 26.6. The first-order valence-corrected chi connectivity index (χ1v) is 29.8. The number of ether oxygens (including phenoxy) is 10. The van der Waals surface area contributed by atoms with Crippen LogP contribution in [0.3, 0.4) is 0 Å². The SMILES string of the molecule is CC(C)(C)OC(=O)N(CNCCNC(=O)CCOCC(COCCC(=O)NCCNCN(C(=O)OC(C)(C)C)C(=O)OC(C)(C)C)(COCCC(=O)NCCNCN(C(=O)OC(C)(C)C)C(=O)OC(C)(C)C)NC(=O)OCc1ccccc1)C(=O)OC(C)(C)C. The molecule has 1 rings (SSSR count). The van der Waals surface area contributed by atoms with Gasteiger partial charge >= 0.3 is 42.7 Å². The third-order valence-electron chi connectivity index (χ3n) is 10.5. The van der Waals surface area contributed by atoms with Gasteiger partial charge in [-0.05, 0) is 130 Å². The van der Waals surface area contributed by atoms with E-state index in [2.05, 4.69) is 37.2 Å². The van der Waals surface area contributed by atoms with E-state index >= 15 is 0 Å².